The molecule has 0 fully saturated rings. The third kappa shape index (κ3) is 7.96. The van der Waals surface area contributed by atoms with E-state index < -0.39 is 34.3 Å². The summed E-state index contributed by atoms with van der Waals surface area (Å²) in [6, 6.07) is 16.5. The number of halogens is 3. The summed E-state index contributed by atoms with van der Waals surface area (Å²) in [6.45, 7) is 5.50. The number of hydrogen-bond donors (Lipinski definition) is 1. The van der Waals surface area contributed by atoms with E-state index in [0.29, 0.717) is 17.1 Å². The number of nitrogens with one attached hydrogen (secondary N) is 1. The fraction of sp³-hybridized carbons (Fsp3) is 0.310. The van der Waals surface area contributed by atoms with Crippen LogP contribution in [0.2, 0.25) is 10.0 Å². The maximum atomic E-state index is 14.0. The van der Waals surface area contributed by atoms with Crippen LogP contribution in [0, 0.1) is 11.7 Å². The summed E-state index contributed by atoms with van der Waals surface area (Å²) in [6.07, 6.45) is 0.285. The smallest absolute Gasteiger partial charge is 0.264 e. The zero-order chi connectivity index (χ0) is 29.4. The van der Waals surface area contributed by atoms with Crippen LogP contribution >= 0.6 is 23.2 Å². The van der Waals surface area contributed by atoms with Crippen LogP contribution in [0.5, 0.6) is 0 Å². The molecule has 0 spiro atoms. The van der Waals surface area contributed by atoms with Gasteiger partial charge in [-0.3, -0.25) is 13.9 Å². The molecule has 3 rings (SSSR count). The number of carbonyl (C=O) groups is 2. The molecule has 0 bridgehead atoms. The first-order chi connectivity index (χ1) is 18.9. The minimum Gasteiger partial charge on any atom is -0.354 e. The topological polar surface area (TPSA) is 86.8 Å². The number of rotatable bonds is 12. The number of nitrogens with zero attached hydrogens (tertiary/aromatic N) is 2. The summed E-state index contributed by atoms with van der Waals surface area (Å²) in [5.41, 5.74) is 0.859. The molecular weight excluding hydrogens is 576 g/mol. The van der Waals surface area contributed by atoms with Crippen LogP contribution < -0.4 is 9.62 Å². The van der Waals surface area contributed by atoms with E-state index in [1.807, 2.05) is 13.8 Å². The predicted octanol–water partition coefficient (Wildman–Crippen LogP) is 5.91. The molecule has 0 saturated heterocycles. The molecule has 40 heavy (non-hydrogen) atoms. The fourth-order valence-corrected chi connectivity index (χ4v) is 5.77. The van der Waals surface area contributed by atoms with Crippen LogP contribution in [0.4, 0.5) is 10.1 Å². The summed E-state index contributed by atoms with van der Waals surface area (Å²) in [4.78, 5) is 28.4. The molecular formula is C29H32Cl2FN3O4S. The van der Waals surface area contributed by atoms with Crippen LogP contribution in [-0.4, -0.2) is 44.3 Å². The second kappa shape index (κ2) is 14.0. The predicted molar refractivity (Wildman–Crippen MR) is 156 cm³/mol. The van der Waals surface area contributed by atoms with Gasteiger partial charge >= 0.3 is 0 Å². The van der Waals surface area contributed by atoms with E-state index in [4.69, 9.17) is 23.2 Å². The molecule has 1 atom stereocenters. The van der Waals surface area contributed by atoms with Crippen molar-refractivity contribution in [3.8, 4) is 0 Å². The Morgan fingerprint density at radius 1 is 0.950 bits per heavy atom. The van der Waals surface area contributed by atoms with Gasteiger partial charge in [0, 0.05) is 13.1 Å². The molecule has 0 aliphatic rings. The molecule has 0 saturated carbocycles. The standard InChI is InChI=1S/C29H32Cl2FN3O4S/c1-4-27(29(37)33-17-20(2)3)34(18-21-10-15-25(30)26(31)16-21)28(36)19-35(23-8-6-5-7-9-23)40(38,39)24-13-11-22(32)12-14-24/h5-16,20,27H,4,17-19H2,1-3H3,(H,33,37). The Hall–Kier alpha value is -3.14. The van der Waals surface area contributed by atoms with Gasteiger partial charge in [-0.15, -0.1) is 0 Å². The maximum Gasteiger partial charge on any atom is 0.264 e. The third-order valence-electron chi connectivity index (χ3n) is 6.13. The molecule has 2 amide bonds. The van der Waals surface area contributed by atoms with Crippen molar-refractivity contribution in [1.29, 1.82) is 0 Å². The van der Waals surface area contributed by atoms with Gasteiger partial charge in [-0.1, -0.05) is 68.2 Å². The molecule has 0 aliphatic heterocycles. The Labute approximate surface area is 244 Å². The third-order valence-corrected chi connectivity index (χ3v) is 8.66. The highest BCUT2D eigenvalue weighted by atomic mass is 35.5. The Balaban J connectivity index is 2.03. The largest absolute Gasteiger partial charge is 0.354 e. The fourth-order valence-electron chi connectivity index (χ4n) is 4.03. The number of hydrogen-bond acceptors (Lipinski definition) is 4. The van der Waals surface area contributed by atoms with Gasteiger partial charge in [0.15, 0.2) is 0 Å². The molecule has 1 unspecified atom stereocenters. The second-order valence-corrected chi connectivity index (χ2v) is 12.3. The van der Waals surface area contributed by atoms with E-state index in [1.165, 1.54) is 4.90 Å². The summed E-state index contributed by atoms with van der Waals surface area (Å²) < 4.78 is 42.0. The van der Waals surface area contributed by atoms with Gasteiger partial charge in [0.05, 0.1) is 20.6 Å². The monoisotopic (exact) mass is 607 g/mol. The Kier molecular flexibility index (Phi) is 11.0. The van der Waals surface area contributed by atoms with Gasteiger partial charge in [0.25, 0.3) is 10.0 Å². The lowest BCUT2D eigenvalue weighted by atomic mass is 10.1. The number of para-hydroxylation sites is 1. The van der Waals surface area contributed by atoms with Crippen LogP contribution in [0.15, 0.2) is 77.7 Å². The normalized spacial score (nSPS) is 12.2. The van der Waals surface area contributed by atoms with Crippen molar-refractivity contribution in [3.05, 3.63) is 94.2 Å². The van der Waals surface area contributed by atoms with Gasteiger partial charge in [0.1, 0.15) is 18.4 Å². The zero-order valence-corrected chi connectivity index (χ0v) is 24.8. The summed E-state index contributed by atoms with van der Waals surface area (Å²) in [5.74, 6) is -1.35. The Morgan fingerprint density at radius 3 is 2.17 bits per heavy atom. The molecule has 1 N–H and O–H groups in total. The van der Waals surface area contributed by atoms with E-state index in [0.717, 1.165) is 28.6 Å². The quantitative estimate of drug-likeness (QED) is 0.277. The lowest BCUT2D eigenvalue weighted by Gasteiger charge is -2.33. The second-order valence-electron chi connectivity index (χ2n) is 9.63. The van der Waals surface area contributed by atoms with Gasteiger partial charge in [-0.2, -0.15) is 0 Å². The molecule has 0 aliphatic carbocycles. The van der Waals surface area contributed by atoms with E-state index in [1.54, 1.807) is 55.5 Å². The molecule has 214 valence electrons. The first-order valence-electron chi connectivity index (χ1n) is 12.8. The molecule has 0 aromatic heterocycles. The number of sulfonamides is 1. The van der Waals surface area contributed by atoms with Crippen LogP contribution in [0.25, 0.3) is 0 Å². The van der Waals surface area contributed by atoms with Gasteiger partial charge in [0.2, 0.25) is 11.8 Å². The molecule has 0 radical (unpaired) electrons. The highest BCUT2D eigenvalue weighted by Crippen LogP contribution is 2.26. The van der Waals surface area contributed by atoms with Gasteiger partial charge in [-0.25, -0.2) is 12.8 Å². The average molecular weight is 609 g/mol. The number of benzene rings is 3. The van der Waals surface area contributed by atoms with Crippen molar-refractivity contribution in [2.24, 2.45) is 5.92 Å². The van der Waals surface area contributed by atoms with Crippen LogP contribution in [0.3, 0.4) is 0 Å². The molecule has 7 nitrogen and oxygen atoms in total. The Bertz CT molecular complexity index is 1420. The lowest BCUT2D eigenvalue weighted by molar-refractivity contribution is -0.140. The Morgan fingerprint density at radius 2 is 1.60 bits per heavy atom. The van der Waals surface area contributed by atoms with Crippen LogP contribution in [0.1, 0.15) is 32.8 Å². The van der Waals surface area contributed by atoms with E-state index in [2.05, 4.69) is 5.32 Å². The molecule has 3 aromatic carbocycles. The minimum atomic E-state index is -4.28. The first kappa shape index (κ1) is 31.4. The van der Waals surface area contributed by atoms with Crippen molar-refractivity contribution in [2.75, 3.05) is 17.4 Å². The lowest BCUT2D eigenvalue weighted by Crippen LogP contribution is -2.52. The van der Waals surface area contributed by atoms with E-state index >= 15 is 0 Å². The van der Waals surface area contributed by atoms with Gasteiger partial charge in [-0.05, 0) is 66.4 Å². The summed E-state index contributed by atoms with van der Waals surface area (Å²) in [7, 11) is -4.28. The van der Waals surface area contributed by atoms with Crippen molar-refractivity contribution >= 4 is 50.7 Å². The van der Waals surface area contributed by atoms with Crippen molar-refractivity contribution < 1.29 is 22.4 Å². The van der Waals surface area contributed by atoms with E-state index in [-0.39, 0.29) is 40.4 Å². The molecule has 0 heterocycles. The maximum absolute atomic E-state index is 14.0. The average Bonchev–Trinajstić information content (AvgIpc) is 2.92. The van der Waals surface area contributed by atoms with Crippen molar-refractivity contribution in [2.45, 2.75) is 44.7 Å². The number of amides is 2. The first-order valence-corrected chi connectivity index (χ1v) is 15.0. The van der Waals surface area contributed by atoms with Crippen molar-refractivity contribution in [3.63, 3.8) is 0 Å². The molecule has 3 aromatic rings. The minimum absolute atomic E-state index is 0.0114. The highest BCUT2D eigenvalue weighted by Gasteiger charge is 2.33. The summed E-state index contributed by atoms with van der Waals surface area (Å²) >= 11 is 12.3. The SMILES string of the molecule is CCC(C(=O)NCC(C)C)N(Cc1ccc(Cl)c(Cl)c1)C(=O)CN(c1ccccc1)S(=O)(=O)c1ccc(F)cc1. The van der Waals surface area contributed by atoms with Crippen LogP contribution in [-0.2, 0) is 26.2 Å². The zero-order valence-electron chi connectivity index (χ0n) is 22.5. The molecule has 11 heteroatoms. The van der Waals surface area contributed by atoms with Crippen molar-refractivity contribution in [1.82, 2.24) is 10.2 Å². The summed E-state index contributed by atoms with van der Waals surface area (Å²) in [5, 5.41) is 3.50. The van der Waals surface area contributed by atoms with Gasteiger partial charge < -0.3 is 10.2 Å². The number of carbonyl (C=O) groups excluding carboxylic acids is 2. The highest BCUT2D eigenvalue weighted by molar-refractivity contribution is 7.92. The van der Waals surface area contributed by atoms with E-state index in [9.17, 15) is 22.4 Å². The number of anilines is 1.